The van der Waals surface area contributed by atoms with Crippen molar-refractivity contribution in [2.75, 3.05) is 11.1 Å². The molecule has 1 atom stereocenters. The minimum atomic E-state index is -0.278. The van der Waals surface area contributed by atoms with Crippen molar-refractivity contribution < 1.29 is 9.59 Å². The van der Waals surface area contributed by atoms with Gasteiger partial charge in [-0.1, -0.05) is 39.8 Å². The van der Waals surface area contributed by atoms with Crippen molar-refractivity contribution in [2.24, 2.45) is 0 Å². The highest BCUT2D eigenvalue weighted by Gasteiger charge is 2.31. The molecule has 1 aromatic rings. The van der Waals surface area contributed by atoms with E-state index < -0.39 is 0 Å². The monoisotopic (exact) mass is 359 g/mol. The van der Waals surface area contributed by atoms with Gasteiger partial charge >= 0.3 is 0 Å². The van der Waals surface area contributed by atoms with Crippen LogP contribution in [-0.4, -0.2) is 27.5 Å². The normalized spacial score (nSPS) is 18.7. The van der Waals surface area contributed by atoms with E-state index in [1.807, 2.05) is 23.9 Å². The maximum absolute atomic E-state index is 11.5. The van der Waals surface area contributed by atoms with E-state index in [0.717, 1.165) is 34.8 Å². The third-order valence-corrected chi connectivity index (χ3v) is 5.30. The highest BCUT2D eigenvalue weighted by Crippen LogP contribution is 2.24. The summed E-state index contributed by atoms with van der Waals surface area (Å²) in [5, 5.41) is 2.82. The molecule has 1 fully saturated rings. The molecule has 0 radical (unpaired) electrons. The molecule has 3 nitrogen and oxygen atoms in total. The molecular weight excluding hydrogens is 346 g/mol. The van der Waals surface area contributed by atoms with Crippen LogP contribution in [0.15, 0.2) is 29.2 Å². The summed E-state index contributed by atoms with van der Waals surface area (Å²) in [6.45, 7) is 0. The molecule has 102 valence electrons. The second-order valence-corrected chi connectivity index (χ2v) is 7.26. The van der Waals surface area contributed by atoms with Gasteiger partial charge in [-0.2, -0.15) is 0 Å². The van der Waals surface area contributed by atoms with Crippen LogP contribution in [0.5, 0.6) is 0 Å². The van der Waals surface area contributed by atoms with E-state index in [4.69, 9.17) is 0 Å². The first-order valence-electron chi connectivity index (χ1n) is 5.98. The Labute approximate surface area is 129 Å². The first-order chi connectivity index (χ1) is 9.19. The molecule has 1 aliphatic heterocycles. The van der Waals surface area contributed by atoms with E-state index in [1.165, 1.54) is 4.90 Å². The van der Waals surface area contributed by atoms with Crippen LogP contribution in [0.1, 0.15) is 12.0 Å². The number of carbonyl (C=O) groups excluding carboxylic acids is 2. The molecule has 1 N–H and O–H groups in total. The Morgan fingerprint density at radius 2 is 2.00 bits per heavy atom. The molecule has 1 heterocycles. The van der Waals surface area contributed by atoms with Gasteiger partial charge in [0.25, 0.3) is 5.24 Å². The number of nitrogens with one attached hydrogen (secondary N) is 1. The van der Waals surface area contributed by atoms with E-state index in [0.29, 0.717) is 6.42 Å². The summed E-state index contributed by atoms with van der Waals surface area (Å²) in [5.74, 6) is 0.922. The van der Waals surface area contributed by atoms with Gasteiger partial charge in [-0.05, 0) is 36.3 Å². The Balaban J connectivity index is 1.88. The molecule has 0 aromatic heterocycles. The summed E-state index contributed by atoms with van der Waals surface area (Å²) >= 11 is 6.32. The predicted molar refractivity (Wildman–Crippen MR) is 84.2 cm³/mol. The van der Waals surface area contributed by atoms with E-state index >= 15 is 0 Å². The molecule has 1 aromatic carbocycles. The summed E-state index contributed by atoms with van der Waals surface area (Å²) in [4.78, 5) is 23.8. The van der Waals surface area contributed by atoms with Gasteiger partial charge in [0.2, 0.25) is 5.91 Å². The van der Waals surface area contributed by atoms with Crippen molar-refractivity contribution in [3.05, 3.63) is 29.8 Å². The van der Waals surface area contributed by atoms with E-state index in [1.54, 1.807) is 0 Å². The van der Waals surface area contributed by atoms with Crippen LogP contribution in [-0.2, 0) is 11.2 Å². The molecule has 0 bridgehead atoms. The molecule has 2 rings (SSSR count). The minimum Gasteiger partial charge on any atom is -0.286 e. The summed E-state index contributed by atoms with van der Waals surface area (Å²) in [6.07, 6.45) is 1.75. The number of hydrogen-bond acceptors (Lipinski definition) is 4. The molecule has 6 heteroatoms. The van der Waals surface area contributed by atoms with Crippen LogP contribution in [0.3, 0.4) is 0 Å². The summed E-state index contributed by atoms with van der Waals surface area (Å²) in [5.41, 5.74) is 1.09. The highest BCUT2D eigenvalue weighted by molar-refractivity contribution is 9.09. The van der Waals surface area contributed by atoms with E-state index in [2.05, 4.69) is 33.4 Å². The van der Waals surface area contributed by atoms with E-state index in [-0.39, 0.29) is 16.4 Å². The van der Waals surface area contributed by atoms with Crippen molar-refractivity contribution in [1.82, 2.24) is 5.32 Å². The van der Waals surface area contributed by atoms with Crippen LogP contribution in [0.4, 0.5) is 4.79 Å². The molecule has 0 spiro atoms. The lowest BCUT2D eigenvalue weighted by atomic mass is 10.1. The lowest BCUT2D eigenvalue weighted by Gasteiger charge is -2.06. The molecular formula is C13H14BrNO2S2. The first-order valence-corrected chi connectivity index (χ1v) is 8.97. The van der Waals surface area contributed by atoms with Crippen molar-refractivity contribution in [3.8, 4) is 0 Å². The van der Waals surface area contributed by atoms with Gasteiger partial charge in [0.1, 0.15) is 0 Å². The molecule has 1 saturated heterocycles. The highest BCUT2D eigenvalue weighted by atomic mass is 79.9. The zero-order valence-electron chi connectivity index (χ0n) is 10.2. The zero-order valence-corrected chi connectivity index (χ0v) is 13.4. The second kappa shape index (κ2) is 7.36. The quantitative estimate of drug-likeness (QED) is 0.480. The van der Waals surface area contributed by atoms with Crippen LogP contribution in [0, 0.1) is 0 Å². The van der Waals surface area contributed by atoms with Crippen molar-refractivity contribution in [1.29, 1.82) is 0 Å². The Morgan fingerprint density at radius 1 is 1.26 bits per heavy atom. The molecule has 19 heavy (non-hydrogen) atoms. The van der Waals surface area contributed by atoms with Gasteiger partial charge in [-0.15, -0.1) is 11.8 Å². The van der Waals surface area contributed by atoms with Gasteiger partial charge < -0.3 is 0 Å². The number of amides is 2. The van der Waals surface area contributed by atoms with Crippen molar-refractivity contribution in [2.45, 2.75) is 23.0 Å². The number of halogens is 1. The Hall–Kier alpha value is -0.460. The molecule has 0 aliphatic carbocycles. The third kappa shape index (κ3) is 4.54. The van der Waals surface area contributed by atoms with Gasteiger partial charge in [0.05, 0.1) is 5.25 Å². The third-order valence-electron chi connectivity index (χ3n) is 2.66. The maximum atomic E-state index is 11.5. The SMILES string of the molecule is O=C1NC(=O)C(Cc2ccc(SCCCBr)cc2)S1. The standard InChI is InChI=1S/C13H14BrNO2S2/c14-6-1-7-18-10-4-2-9(3-5-10)8-11-12(16)15-13(17)19-11/h2-5,11H,1,6-8H2,(H,15,16,17). The van der Waals surface area contributed by atoms with Gasteiger partial charge in [-0.3, -0.25) is 14.9 Å². The number of imide groups is 1. The fourth-order valence-corrected chi connectivity index (χ4v) is 4.07. The molecule has 0 saturated carbocycles. The minimum absolute atomic E-state index is 0.175. The number of hydrogen-bond donors (Lipinski definition) is 1. The maximum Gasteiger partial charge on any atom is 0.286 e. The number of thioether (sulfide) groups is 2. The number of carbonyl (C=O) groups is 2. The molecule has 2 amide bonds. The number of benzene rings is 1. The Morgan fingerprint density at radius 3 is 2.58 bits per heavy atom. The summed E-state index contributed by atoms with van der Waals surface area (Å²) in [6, 6.07) is 8.22. The van der Waals surface area contributed by atoms with Crippen molar-refractivity contribution >= 4 is 50.6 Å². The summed E-state index contributed by atoms with van der Waals surface area (Å²) < 4.78 is 0. The second-order valence-electron chi connectivity index (χ2n) is 4.12. The molecule has 1 aliphatic rings. The topological polar surface area (TPSA) is 46.2 Å². The van der Waals surface area contributed by atoms with Gasteiger partial charge in [-0.25, -0.2) is 0 Å². The van der Waals surface area contributed by atoms with Crippen LogP contribution >= 0.6 is 39.5 Å². The Kier molecular flexibility index (Phi) is 5.78. The lowest BCUT2D eigenvalue weighted by Crippen LogP contribution is -2.25. The lowest BCUT2D eigenvalue weighted by molar-refractivity contribution is -0.118. The van der Waals surface area contributed by atoms with Crippen LogP contribution in [0.25, 0.3) is 0 Å². The predicted octanol–water partition coefficient (Wildman–Crippen LogP) is 3.46. The van der Waals surface area contributed by atoms with Crippen LogP contribution < -0.4 is 5.32 Å². The average Bonchev–Trinajstić information content (AvgIpc) is 2.70. The molecule has 1 unspecified atom stereocenters. The fourth-order valence-electron chi connectivity index (χ4n) is 1.71. The zero-order chi connectivity index (χ0) is 13.7. The van der Waals surface area contributed by atoms with Gasteiger partial charge in [0.15, 0.2) is 0 Å². The first kappa shape index (κ1) is 14.9. The number of rotatable bonds is 6. The van der Waals surface area contributed by atoms with Crippen molar-refractivity contribution in [3.63, 3.8) is 0 Å². The number of alkyl halides is 1. The largest absolute Gasteiger partial charge is 0.286 e. The smallest absolute Gasteiger partial charge is 0.286 e. The van der Waals surface area contributed by atoms with E-state index in [9.17, 15) is 9.59 Å². The summed E-state index contributed by atoms with van der Waals surface area (Å²) in [7, 11) is 0. The van der Waals surface area contributed by atoms with Gasteiger partial charge in [0, 0.05) is 10.2 Å². The average molecular weight is 360 g/mol. The van der Waals surface area contributed by atoms with Crippen LogP contribution in [0.2, 0.25) is 0 Å². The fraction of sp³-hybridized carbons (Fsp3) is 0.385. The Bertz CT molecular complexity index is 464.